The quantitative estimate of drug-likeness (QED) is 0.684. The molecule has 140 valence electrons. The van der Waals surface area contributed by atoms with E-state index in [0.717, 1.165) is 36.7 Å². The Labute approximate surface area is 156 Å². The number of nitrogens with one attached hydrogen (secondary N) is 1. The van der Waals surface area contributed by atoms with E-state index in [-0.39, 0.29) is 18.1 Å². The lowest BCUT2D eigenvalue weighted by Crippen LogP contribution is -2.39. The Kier molecular flexibility index (Phi) is 4.62. The zero-order chi connectivity index (χ0) is 18.8. The van der Waals surface area contributed by atoms with Crippen molar-refractivity contribution in [1.82, 2.24) is 24.8 Å². The van der Waals surface area contributed by atoms with E-state index in [2.05, 4.69) is 20.3 Å². The molecule has 1 saturated carbocycles. The normalized spacial score (nSPS) is 19.7. The van der Waals surface area contributed by atoms with Crippen LogP contribution in [-0.4, -0.2) is 37.6 Å². The van der Waals surface area contributed by atoms with E-state index < -0.39 is 0 Å². The minimum absolute atomic E-state index is 0.0695. The van der Waals surface area contributed by atoms with Gasteiger partial charge in [-0.1, -0.05) is 0 Å². The number of amides is 1. The molecule has 0 spiro atoms. The molecule has 0 bridgehead atoms. The second kappa shape index (κ2) is 7.22. The van der Waals surface area contributed by atoms with Crippen molar-refractivity contribution in [3.8, 4) is 5.75 Å². The monoisotopic (exact) mass is 366 g/mol. The Balaban J connectivity index is 1.37. The number of nitrogens with zero attached hydrogens (tertiary/aromatic N) is 4. The third kappa shape index (κ3) is 3.84. The number of hydrogen-bond acceptors (Lipinski definition) is 6. The third-order valence-electron chi connectivity index (χ3n) is 4.80. The SMILES string of the molecule is Cn1cnc(C(=O)NC2CCC(Oc3cc(N)cc4nccnc34)CC2)c1. The van der Waals surface area contributed by atoms with Gasteiger partial charge in [-0.05, 0) is 31.7 Å². The van der Waals surface area contributed by atoms with Crippen LogP contribution in [0.15, 0.2) is 37.1 Å². The van der Waals surface area contributed by atoms with Gasteiger partial charge in [-0.15, -0.1) is 0 Å². The molecule has 0 unspecified atom stereocenters. The molecule has 0 radical (unpaired) electrons. The van der Waals surface area contributed by atoms with E-state index in [9.17, 15) is 4.79 Å². The number of carbonyl (C=O) groups excluding carboxylic acids is 1. The fourth-order valence-electron chi connectivity index (χ4n) is 3.45. The molecule has 2 heterocycles. The predicted molar refractivity (Wildman–Crippen MR) is 101 cm³/mol. The zero-order valence-electron chi connectivity index (χ0n) is 15.1. The van der Waals surface area contributed by atoms with Crippen LogP contribution in [0.2, 0.25) is 0 Å². The first-order chi connectivity index (χ1) is 13.1. The Morgan fingerprint density at radius 3 is 2.70 bits per heavy atom. The van der Waals surface area contributed by atoms with Crippen molar-refractivity contribution in [2.75, 3.05) is 5.73 Å². The number of nitrogens with two attached hydrogens (primary N) is 1. The molecule has 1 aliphatic rings. The van der Waals surface area contributed by atoms with Crippen molar-refractivity contribution >= 4 is 22.6 Å². The largest absolute Gasteiger partial charge is 0.488 e. The van der Waals surface area contributed by atoms with E-state index in [1.807, 2.05) is 7.05 Å². The maximum Gasteiger partial charge on any atom is 0.271 e. The van der Waals surface area contributed by atoms with Crippen LogP contribution in [0.4, 0.5) is 5.69 Å². The molecule has 4 rings (SSSR count). The molecule has 0 aliphatic heterocycles. The van der Waals surface area contributed by atoms with Gasteiger partial charge in [0.25, 0.3) is 5.91 Å². The molecule has 8 heteroatoms. The second-order valence-electron chi connectivity index (χ2n) is 6.93. The summed E-state index contributed by atoms with van der Waals surface area (Å²) in [5, 5.41) is 3.06. The number of anilines is 1. The highest BCUT2D eigenvalue weighted by Crippen LogP contribution is 2.30. The summed E-state index contributed by atoms with van der Waals surface area (Å²) in [4.78, 5) is 25.0. The molecule has 2 aromatic heterocycles. The Morgan fingerprint density at radius 2 is 1.96 bits per heavy atom. The van der Waals surface area contributed by atoms with Crippen LogP contribution in [0.3, 0.4) is 0 Å². The van der Waals surface area contributed by atoms with Crippen molar-refractivity contribution in [1.29, 1.82) is 0 Å². The molecular weight excluding hydrogens is 344 g/mol. The fourth-order valence-corrected chi connectivity index (χ4v) is 3.45. The maximum absolute atomic E-state index is 12.2. The number of fused-ring (bicyclic) bond motifs is 1. The van der Waals surface area contributed by atoms with Crippen molar-refractivity contribution in [2.24, 2.45) is 7.05 Å². The molecule has 0 atom stereocenters. The van der Waals surface area contributed by atoms with Crippen molar-refractivity contribution in [2.45, 2.75) is 37.8 Å². The molecule has 8 nitrogen and oxygen atoms in total. The van der Waals surface area contributed by atoms with Gasteiger partial charge in [0.2, 0.25) is 0 Å². The Bertz CT molecular complexity index is 962. The van der Waals surface area contributed by atoms with Gasteiger partial charge in [0.1, 0.15) is 17.0 Å². The number of benzene rings is 1. The smallest absolute Gasteiger partial charge is 0.271 e. The highest BCUT2D eigenvalue weighted by molar-refractivity contribution is 5.92. The summed E-state index contributed by atoms with van der Waals surface area (Å²) in [7, 11) is 1.84. The standard InChI is InChI=1S/C19H22N6O2/c1-25-10-16(23-11-25)19(26)24-13-2-4-14(5-3-13)27-17-9-12(20)8-15-18(17)22-7-6-21-15/h6-11,13-14H,2-5,20H2,1H3,(H,24,26). The summed E-state index contributed by atoms with van der Waals surface area (Å²) in [5.41, 5.74) is 8.46. The second-order valence-corrected chi connectivity index (χ2v) is 6.93. The van der Waals surface area contributed by atoms with Crippen LogP contribution >= 0.6 is 0 Å². The van der Waals surface area contributed by atoms with E-state index in [1.165, 1.54) is 0 Å². The first-order valence-electron chi connectivity index (χ1n) is 9.04. The van der Waals surface area contributed by atoms with Crippen molar-refractivity contribution in [3.05, 3.63) is 42.7 Å². The van der Waals surface area contributed by atoms with Gasteiger partial charge in [-0.25, -0.2) is 9.97 Å². The van der Waals surface area contributed by atoms with E-state index in [0.29, 0.717) is 17.1 Å². The number of ether oxygens (including phenoxy) is 1. The molecule has 1 aromatic carbocycles. The number of aromatic nitrogens is 4. The van der Waals surface area contributed by atoms with Crippen LogP contribution in [0, 0.1) is 0 Å². The first-order valence-corrected chi connectivity index (χ1v) is 9.04. The lowest BCUT2D eigenvalue weighted by Gasteiger charge is -2.29. The highest BCUT2D eigenvalue weighted by atomic mass is 16.5. The lowest BCUT2D eigenvalue weighted by molar-refractivity contribution is 0.0890. The van der Waals surface area contributed by atoms with E-state index in [4.69, 9.17) is 10.5 Å². The maximum atomic E-state index is 12.2. The van der Waals surface area contributed by atoms with Gasteiger partial charge in [-0.2, -0.15) is 0 Å². The molecule has 1 aliphatic carbocycles. The molecule has 1 amide bonds. The number of aryl methyl sites for hydroxylation is 1. The zero-order valence-corrected chi connectivity index (χ0v) is 15.1. The van der Waals surface area contributed by atoms with E-state index in [1.54, 1.807) is 41.6 Å². The van der Waals surface area contributed by atoms with Crippen LogP contribution < -0.4 is 15.8 Å². The van der Waals surface area contributed by atoms with Gasteiger partial charge in [0.05, 0.1) is 17.9 Å². The third-order valence-corrected chi connectivity index (χ3v) is 4.80. The van der Waals surface area contributed by atoms with Crippen LogP contribution in [0.1, 0.15) is 36.2 Å². The van der Waals surface area contributed by atoms with Crippen LogP contribution in [0.5, 0.6) is 5.75 Å². The summed E-state index contributed by atoms with van der Waals surface area (Å²) >= 11 is 0. The summed E-state index contributed by atoms with van der Waals surface area (Å²) in [6.07, 6.45) is 10.1. The first kappa shape index (κ1) is 17.3. The molecule has 1 fully saturated rings. The van der Waals surface area contributed by atoms with Crippen molar-refractivity contribution < 1.29 is 9.53 Å². The lowest BCUT2D eigenvalue weighted by atomic mass is 9.93. The minimum atomic E-state index is -0.128. The average molecular weight is 366 g/mol. The number of rotatable bonds is 4. The van der Waals surface area contributed by atoms with Gasteiger partial charge in [0.15, 0.2) is 0 Å². The van der Waals surface area contributed by atoms with E-state index >= 15 is 0 Å². The summed E-state index contributed by atoms with van der Waals surface area (Å²) < 4.78 is 7.94. The highest BCUT2D eigenvalue weighted by Gasteiger charge is 2.25. The minimum Gasteiger partial charge on any atom is -0.488 e. The van der Waals surface area contributed by atoms with Gasteiger partial charge >= 0.3 is 0 Å². The summed E-state index contributed by atoms with van der Waals surface area (Å²) in [6, 6.07) is 3.72. The number of carbonyl (C=O) groups is 1. The molecule has 3 aromatic rings. The topological polar surface area (TPSA) is 108 Å². The molecule has 0 saturated heterocycles. The Morgan fingerprint density at radius 1 is 1.19 bits per heavy atom. The van der Waals surface area contributed by atoms with Gasteiger partial charge < -0.3 is 20.4 Å². The Hall–Kier alpha value is -3.16. The fraction of sp³-hybridized carbons (Fsp3) is 0.368. The summed E-state index contributed by atoms with van der Waals surface area (Å²) in [6.45, 7) is 0. The van der Waals surface area contributed by atoms with Gasteiger partial charge in [-0.3, -0.25) is 9.78 Å². The number of hydrogen-bond donors (Lipinski definition) is 2. The summed E-state index contributed by atoms with van der Waals surface area (Å²) in [5.74, 6) is 0.538. The molecular formula is C19H22N6O2. The van der Waals surface area contributed by atoms with Crippen molar-refractivity contribution in [3.63, 3.8) is 0 Å². The van der Waals surface area contributed by atoms with Crippen LogP contribution in [0.25, 0.3) is 11.0 Å². The van der Waals surface area contributed by atoms with Gasteiger partial charge in [0, 0.05) is 43.4 Å². The molecule has 3 N–H and O–H groups in total. The predicted octanol–water partition coefficient (Wildman–Crippen LogP) is 2.07. The molecule has 27 heavy (non-hydrogen) atoms. The number of nitrogen functional groups attached to an aromatic ring is 1. The van der Waals surface area contributed by atoms with Crippen LogP contribution in [-0.2, 0) is 7.05 Å². The number of imidazole rings is 1. The average Bonchev–Trinajstić information content (AvgIpc) is 3.10.